The molecule has 0 aromatic carbocycles. The highest BCUT2D eigenvalue weighted by Gasteiger charge is 2.51. The Morgan fingerprint density at radius 2 is 2.21 bits per heavy atom. The second-order valence-electron chi connectivity index (χ2n) is 5.18. The maximum Gasteiger partial charge on any atom is 0.352 e. The first kappa shape index (κ1) is 16.8. The van der Waals surface area contributed by atoms with Crippen molar-refractivity contribution < 1.29 is 14.7 Å². The molecule has 12 heteroatoms. The topological polar surface area (TPSA) is 151 Å². The minimum atomic E-state index is -1.19. The van der Waals surface area contributed by atoms with Crippen LogP contribution >= 0.6 is 23.5 Å². The Labute approximate surface area is 143 Å². The van der Waals surface area contributed by atoms with Crippen molar-refractivity contribution in [1.82, 2.24) is 19.7 Å². The summed E-state index contributed by atoms with van der Waals surface area (Å²) in [5.74, 6) is -0.984. The van der Waals surface area contributed by atoms with E-state index in [1.165, 1.54) is 23.7 Å². The number of H-pyrrole nitrogens is 1. The zero-order chi connectivity index (χ0) is 17.6. The van der Waals surface area contributed by atoms with Crippen LogP contribution in [-0.4, -0.2) is 59.6 Å². The van der Waals surface area contributed by atoms with Crippen molar-refractivity contribution in [3.05, 3.63) is 32.0 Å². The fourth-order valence-corrected chi connectivity index (χ4v) is 4.78. The highest BCUT2D eigenvalue weighted by atomic mass is 32.2. The Hall–Kier alpha value is -2.05. The molecule has 3 heterocycles. The third kappa shape index (κ3) is 2.56. The number of carboxylic acid groups (broad SMARTS) is 1. The molecule has 0 bridgehead atoms. The van der Waals surface area contributed by atoms with Crippen LogP contribution in [0, 0.1) is 0 Å². The molecule has 0 aliphatic carbocycles. The lowest BCUT2D eigenvalue weighted by molar-refractivity contribution is -0.147. The van der Waals surface area contributed by atoms with Gasteiger partial charge in [0.1, 0.15) is 17.1 Å². The number of rotatable bonds is 4. The molecule has 2 aliphatic heterocycles. The van der Waals surface area contributed by atoms with Gasteiger partial charge in [0.2, 0.25) is 5.91 Å². The van der Waals surface area contributed by atoms with Crippen LogP contribution in [0.5, 0.6) is 0 Å². The lowest BCUT2D eigenvalue weighted by Gasteiger charge is -2.48. The molecular formula is C12H13N5O5S2. The minimum Gasteiger partial charge on any atom is -0.477 e. The van der Waals surface area contributed by atoms with Crippen LogP contribution in [0.25, 0.3) is 0 Å². The monoisotopic (exact) mass is 371 g/mol. The van der Waals surface area contributed by atoms with Gasteiger partial charge in [-0.1, -0.05) is 11.8 Å². The maximum atomic E-state index is 11.9. The molecule has 1 aromatic rings. The van der Waals surface area contributed by atoms with E-state index >= 15 is 0 Å². The van der Waals surface area contributed by atoms with Gasteiger partial charge in [0, 0.05) is 18.6 Å². The number of amides is 1. The number of aromatic nitrogens is 3. The maximum absolute atomic E-state index is 11.9. The first-order valence-electron chi connectivity index (χ1n) is 6.77. The molecule has 1 aromatic heterocycles. The smallest absolute Gasteiger partial charge is 0.352 e. The normalized spacial score (nSPS) is 23.1. The van der Waals surface area contributed by atoms with Crippen molar-refractivity contribution in [3.63, 3.8) is 0 Å². The quantitative estimate of drug-likeness (QED) is 0.314. The van der Waals surface area contributed by atoms with Gasteiger partial charge < -0.3 is 10.8 Å². The van der Waals surface area contributed by atoms with E-state index in [1.807, 2.05) is 0 Å². The molecule has 2 atom stereocenters. The summed E-state index contributed by atoms with van der Waals surface area (Å²) in [5.41, 5.74) is 4.58. The van der Waals surface area contributed by atoms with E-state index in [0.29, 0.717) is 11.3 Å². The first-order valence-corrected chi connectivity index (χ1v) is 8.80. The largest absolute Gasteiger partial charge is 0.477 e. The number of aromatic amines is 1. The number of nitrogens with one attached hydrogen (secondary N) is 1. The third-order valence-corrected chi connectivity index (χ3v) is 6.18. The summed E-state index contributed by atoms with van der Waals surface area (Å²) in [7, 11) is 1.41. The van der Waals surface area contributed by atoms with Crippen LogP contribution < -0.4 is 16.9 Å². The van der Waals surface area contributed by atoms with Crippen LogP contribution in [0.1, 0.15) is 0 Å². The van der Waals surface area contributed by atoms with Crippen LogP contribution in [0.4, 0.5) is 0 Å². The molecule has 1 fully saturated rings. The second kappa shape index (κ2) is 6.11. The lowest BCUT2D eigenvalue weighted by Crippen LogP contribution is -2.68. The van der Waals surface area contributed by atoms with Gasteiger partial charge in [-0.25, -0.2) is 9.89 Å². The molecule has 128 valence electrons. The number of β-lactam (4-membered cyclic amide) rings is 1. The van der Waals surface area contributed by atoms with Gasteiger partial charge >= 0.3 is 17.1 Å². The third-order valence-electron chi connectivity index (χ3n) is 3.71. The van der Waals surface area contributed by atoms with Crippen LogP contribution in [0.2, 0.25) is 0 Å². The SMILES string of the molecule is Cn1c(SCC2=C(C(=O)O)N3C(=O)C(N)[C@@H]3SC2)n[nH]c(=O)c1=O. The fourth-order valence-electron chi connectivity index (χ4n) is 2.43. The van der Waals surface area contributed by atoms with E-state index in [-0.39, 0.29) is 22.0 Å². The molecule has 1 saturated heterocycles. The van der Waals surface area contributed by atoms with Crippen LogP contribution in [0.3, 0.4) is 0 Å². The number of hydrogen-bond donors (Lipinski definition) is 3. The zero-order valence-electron chi connectivity index (χ0n) is 12.4. The summed E-state index contributed by atoms with van der Waals surface area (Å²) in [6.45, 7) is 0. The summed E-state index contributed by atoms with van der Waals surface area (Å²) in [6.07, 6.45) is 0. The summed E-state index contributed by atoms with van der Waals surface area (Å²) in [4.78, 5) is 47.4. The van der Waals surface area contributed by atoms with Crippen molar-refractivity contribution in [3.8, 4) is 0 Å². The molecular weight excluding hydrogens is 358 g/mol. The molecule has 0 saturated carbocycles. The van der Waals surface area contributed by atoms with Gasteiger partial charge in [-0.05, 0) is 5.57 Å². The van der Waals surface area contributed by atoms with Crippen molar-refractivity contribution >= 4 is 35.4 Å². The molecule has 0 radical (unpaired) electrons. The Kier molecular flexibility index (Phi) is 4.27. The van der Waals surface area contributed by atoms with Crippen molar-refractivity contribution in [2.75, 3.05) is 11.5 Å². The number of fused-ring (bicyclic) bond motifs is 1. The number of aliphatic carboxylic acids is 1. The number of hydrogen-bond acceptors (Lipinski definition) is 8. The molecule has 24 heavy (non-hydrogen) atoms. The highest BCUT2D eigenvalue weighted by Crippen LogP contribution is 2.40. The predicted octanol–water partition coefficient (Wildman–Crippen LogP) is -1.86. The average Bonchev–Trinajstić information content (AvgIpc) is 2.57. The van der Waals surface area contributed by atoms with Gasteiger partial charge in [0.25, 0.3) is 0 Å². The molecule has 0 spiro atoms. The Balaban J connectivity index is 1.87. The fraction of sp³-hybridized carbons (Fsp3) is 0.417. The Morgan fingerprint density at radius 3 is 2.88 bits per heavy atom. The number of nitrogens with two attached hydrogens (primary N) is 1. The van der Waals surface area contributed by atoms with Crippen molar-refractivity contribution in [2.45, 2.75) is 16.6 Å². The van der Waals surface area contributed by atoms with Gasteiger partial charge in [0.05, 0.1) is 0 Å². The standard InChI is InChI=1S/C12H13N5O5S2/c1-16-9(20)7(18)14-15-12(16)24-3-4-2-23-10-5(13)8(19)17(10)6(4)11(21)22/h5,10H,2-3,13H2,1H3,(H,14,18)(H,21,22)/t5?,10-/m0/s1. The molecule has 3 rings (SSSR count). The van der Waals surface area contributed by atoms with Crippen molar-refractivity contribution in [2.24, 2.45) is 12.8 Å². The minimum absolute atomic E-state index is 0.0626. The lowest BCUT2D eigenvalue weighted by atomic mass is 10.0. The van der Waals surface area contributed by atoms with E-state index in [0.717, 1.165) is 16.3 Å². The van der Waals surface area contributed by atoms with E-state index < -0.39 is 29.0 Å². The summed E-state index contributed by atoms with van der Waals surface area (Å²) >= 11 is 2.50. The Bertz CT molecular complexity index is 875. The second-order valence-corrected chi connectivity index (χ2v) is 7.23. The van der Waals surface area contributed by atoms with E-state index in [4.69, 9.17) is 5.73 Å². The zero-order valence-corrected chi connectivity index (χ0v) is 14.0. The van der Waals surface area contributed by atoms with Gasteiger partial charge in [-0.3, -0.25) is 23.9 Å². The van der Waals surface area contributed by atoms with E-state index in [2.05, 4.69) is 10.2 Å². The Morgan fingerprint density at radius 1 is 1.50 bits per heavy atom. The van der Waals surface area contributed by atoms with Gasteiger partial charge in [-0.15, -0.1) is 16.9 Å². The number of nitrogens with zero attached hydrogens (tertiary/aromatic N) is 3. The summed E-state index contributed by atoms with van der Waals surface area (Å²) in [6, 6.07) is -0.680. The van der Waals surface area contributed by atoms with Crippen LogP contribution in [0.15, 0.2) is 26.0 Å². The average molecular weight is 371 g/mol. The highest BCUT2D eigenvalue weighted by molar-refractivity contribution is 8.01. The van der Waals surface area contributed by atoms with Gasteiger partial charge in [0.15, 0.2) is 5.16 Å². The molecule has 1 amide bonds. The van der Waals surface area contributed by atoms with Crippen LogP contribution in [-0.2, 0) is 16.6 Å². The number of thioether (sulfide) groups is 2. The molecule has 10 nitrogen and oxygen atoms in total. The van der Waals surface area contributed by atoms with Gasteiger partial charge in [-0.2, -0.15) is 0 Å². The number of carbonyl (C=O) groups is 2. The first-order chi connectivity index (χ1) is 11.3. The summed E-state index contributed by atoms with van der Waals surface area (Å²) < 4.78 is 1.09. The number of carboxylic acids is 1. The molecule has 1 unspecified atom stereocenters. The molecule has 2 aliphatic rings. The number of carbonyl (C=O) groups excluding carboxylic acids is 1. The molecule has 4 N–H and O–H groups in total. The van der Waals surface area contributed by atoms with E-state index in [1.54, 1.807) is 0 Å². The summed E-state index contributed by atoms with van der Waals surface area (Å²) in [5, 5.41) is 15.2. The van der Waals surface area contributed by atoms with Crippen molar-refractivity contribution in [1.29, 1.82) is 0 Å². The van der Waals surface area contributed by atoms with E-state index in [9.17, 15) is 24.3 Å². The predicted molar refractivity (Wildman–Crippen MR) is 86.6 cm³/mol.